The number of phenolic OH excluding ortho intramolecular Hbond substituents is 1. The fourth-order valence-electron chi connectivity index (χ4n) is 2.23. The van der Waals surface area contributed by atoms with Gasteiger partial charge in [-0.05, 0) is 30.7 Å². The molecule has 0 aliphatic heterocycles. The Balaban J connectivity index is 1.95. The van der Waals surface area contributed by atoms with Crippen molar-refractivity contribution in [3.05, 3.63) is 64.1 Å². The zero-order valence-electron chi connectivity index (χ0n) is 13.3. The standard InChI is InChI=1S/C18H19BrN2O3/c1-2-21(12-13-6-4-3-5-7-13)17(23)11-20-18(24)15-10-14(19)8-9-16(15)22/h3-10,22H,2,11-12H2,1H3,(H,20,24). The highest BCUT2D eigenvalue weighted by Gasteiger charge is 2.16. The highest BCUT2D eigenvalue weighted by molar-refractivity contribution is 9.10. The molecule has 126 valence electrons. The fourth-order valence-corrected chi connectivity index (χ4v) is 2.59. The lowest BCUT2D eigenvalue weighted by molar-refractivity contribution is -0.130. The molecule has 0 unspecified atom stereocenters. The second-order valence-corrected chi connectivity index (χ2v) is 6.15. The van der Waals surface area contributed by atoms with Gasteiger partial charge in [0.2, 0.25) is 5.91 Å². The molecule has 0 radical (unpaired) electrons. The lowest BCUT2D eigenvalue weighted by Crippen LogP contribution is -2.39. The highest BCUT2D eigenvalue weighted by atomic mass is 79.9. The summed E-state index contributed by atoms with van der Waals surface area (Å²) in [5.74, 6) is -0.790. The molecule has 0 heterocycles. The van der Waals surface area contributed by atoms with Crippen LogP contribution in [0.5, 0.6) is 5.75 Å². The molecule has 0 aliphatic rings. The smallest absolute Gasteiger partial charge is 0.255 e. The number of rotatable bonds is 6. The van der Waals surface area contributed by atoms with Crippen LogP contribution in [0.15, 0.2) is 53.0 Å². The van der Waals surface area contributed by atoms with Crippen molar-refractivity contribution in [1.29, 1.82) is 0 Å². The molecular weight excluding hydrogens is 372 g/mol. The van der Waals surface area contributed by atoms with Crippen LogP contribution in [0.1, 0.15) is 22.8 Å². The van der Waals surface area contributed by atoms with Gasteiger partial charge in [-0.25, -0.2) is 0 Å². The SMILES string of the molecule is CCN(Cc1ccccc1)C(=O)CNC(=O)c1cc(Br)ccc1O. The number of hydrogen-bond donors (Lipinski definition) is 2. The predicted molar refractivity (Wildman–Crippen MR) is 95.7 cm³/mol. The number of nitrogens with zero attached hydrogens (tertiary/aromatic N) is 1. The van der Waals surface area contributed by atoms with Crippen LogP contribution in [0.25, 0.3) is 0 Å². The molecule has 0 saturated heterocycles. The third-order valence-electron chi connectivity index (χ3n) is 3.55. The molecule has 0 aromatic heterocycles. The number of amides is 2. The minimum absolute atomic E-state index is 0.120. The molecular formula is C18H19BrN2O3. The molecule has 0 atom stereocenters. The second-order valence-electron chi connectivity index (χ2n) is 5.24. The molecule has 0 saturated carbocycles. The van der Waals surface area contributed by atoms with Gasteiger partial charge in [-0.3, -0.25) is 9.59 Å². The van der Waals surface area contributed by atoms with Gasteiger partial charge in [0.15, 0.2) is 0 Å². The van der Waals surface area contributed by atoms with E-state index >= 15 is 0 Å². The number of nitrogens with one attached hydrogen (secondary N) is 1. The molecule has 0 bridgehead atoms. The van der Waals surface area contributed by atoms with Gasteiger partial charge in [0.05, 0.1) is 12.1 Å². The van der Waals surface area contributed by atoms with E-state index in [1.165, 1.54) is 12.1 Å². The van der Waals surface area contributed by atoms with Crippen LogP contribution in [0.2, 0.25) is 0 Å². The Morgan fingerprint density at radius 3 is 2.54 bits per heavy atom. The Labute approximate surface area is 149 Å². The Bertz CT molecular complexity index is 719. The molecule has 2 N–H and O–H groups in total. The van der Waals surface area contributed by atoms with E-state index < -0.39 is 5.91 Å². The van der Waals surface area contributed by atoms with Gasteiger partial charge in [-0.1, -0.05) is 46.3 Å². The first-order valence-electron chi connectivity index (χ1n) is 7.59. The Hall–Kier alpha value is -2.34. The maximum Gasteiger partial charge on any atom is 0.255 e. The van der Waals surface area contributed by atoms with Crippen molar-refractivity contribution in [2.45, 2.75) is 13.5 Å². The van der Waals surface area contributed by atoms with E-state index in [-0.39, 0.29) is 23.8 Å². The van der Waals surface area contributed by atoms with Crippen LogP contribution in [0.4, 0.5) is 0 Å². The van der Waals surface area contributed by atoms with E-state index in [2.05, 4.69) is 21.2 Å². The minimum atomic E-state index is -0.488. The molecule has 5 nitrogen and oxygen atoms in total. The van der Waals surface area contributed by atoms with Crippen LogP contribution >= 0.6 is 15.9 Å². The fraction of sp³-hybridized carbons (Fsp3) is 0.222. The highest BCUT2D eigenvalue weighted by Crippen LogP contribution is 2.21. The molecule has 2 aromatic carbocycles. The Morgan fingerprint density at radius 1 is 1.17 bits per heavy atom. The summed E-state index contributed by atoms with van der Waals surface area (Å²) in [5.41, 5.74) is 1.16. The maximum atomic E-state index is 12.3. The monoisotopic (exact) mass is 390 g/mol. The number of halogens is 1. The second kappa shape index (κ2) is 8.49. The first kappa shape index (κ1) is 18.0. The van der Waals surface area contributed by atoms with Crippen molar-refractivity contribution < 1.29 is 14.7 Å². The lowest BCUT2D eigenvalue weighted by Gasteiger charge is -2.21. The van der Waals surface area contributed by atoms with Crippen LogP contribution in [-0.2, 0) is 11.3 Å². The van der Waals surface area contributed by atoms with Crippen molar-refractivity contribution >= 4 is 27.7 Å². The third-order valence-corrected chi connectivity index (χ3v) is 4.05. The number of phenols is 1. The summed E-state index contributed by atoms with van der Waals surface area (Å²) < 4.78 is 0.677. The van der Waals surface area contributed by atoms with Crippen molar-refractivity contribution in [3.63, 3.8) is 0 Å². The number of hydrogen-bond acceptors (Lipinski definition) is 3. The lowest BCUT2D eigenvalue weighted by atomic mass is 10.2. The van der Waals surface area contributed by atoms with E-state index in [1.54, 1.807) is 11.0 Å². The topological polar surface area (TPSA) is 69.6 Å². The van der Waals surface area contributed by atoms with Crippen molar-refractivity contribution in [3.8, 4) is 5.75 Å². The van der Waals surface area contributed by atoms with Gasteiger partial charge in [-0.2, -0.15) is 0 Å². The molecule has 2 aromatic rings. The molecule has 6 heteroatoms. The van der Waals surface area contributed by atoms with Gasteiger partial charge in [0.25, 0.3) is 5.91 Å². The number of benzene rings is 2. The molecule has 0 fully saturated rings. The molecule has 2 amide bonds. The molecule has 0 aliphatic carbocycles. The van der Waals surface area contributed by atoms with Gasteiger partial charge < -0.3 is 15.3 Å². The normalized spacial score (nSPS) is 10.2. The number of carbonyl (C=O) groups is 2. The first-order chi connectivity index (χ1) is 11.5. The molecule has 2 rings (SSSR count). The minimum Gasteiger partial charge on any atom is -0.507 e. The van der Waals surface area contributed by atoms with Gasteiger partial charge in [-0.15, -0.1) is 0 Å². The molecule has 0 spiro atoms. The number of aromatic hydroxyl groups is 1. The van der Waals surface area contributed by atoms with Crippen LogP contribution in [0, 0.1) is 0 Å². The van der Waals surface area contributed by atoms with E-state index in [4.69, 9.17) is 0 Å². The van der Waals surface area contributed by atoms with Gasteiger partial charge in [0.1, 0.15) is 5.75 Å². The largest absolute Gasteiger partial charge is 0.507 e. The average molecular weight is 391 g/mol. The van der Waals surface area contributed by atoms with Crippen molar-refractivity contribution in [2.24, 2.45) is 0 Å². The van der Waals surface area contributed by atoms with Crippen molar-refractivity contribution in [1.82, 2.24) is 10.2 Å². The van der Waals surface area contributed by atoms with Crippen molar-refractivity contribution in [2.75, 3.05) is 13.1 Å². The predicted octanol–water partition coefficient (Wildman–Crippen LogP) is 2.93. The Kier molecular flexibility index (Phi) is 6.37. The summed E-state index contributed by atoms with van der Waals surface area (Å²) in [4.78, 5) is 26.1. The summed E-state index contributed by atoms with van der Waals surface area (Å²) in [6.07, 6.45) is 0. The average Bonchev–Trinajstić information content (AvgIpc) is 2.60. The number of carbonyl (C=O) groups excluding carboxylic acids is 2. The van der Waals surface area contributed by atoms with Crippen LogP contribution < -0.4 is 5.32 Å². The summed E-state index contributed by atoms with van der Waals surface area (Å²) in [6.45, 7) is 2.81. The van der Waals surface area contributed by atoms with Gasteiger partial charge >= 0.3 is 0 Å². The van der Waals surface area contributed by atoms with Crippen LogP contribution in [0.3, 0.4) is 0 Å². The summed E-state index contributed by atoms with van der Waals surface area (Å²) in [6, 6.07) is 14.2. The zero-order valence-corrected chi connectivity index (χ0v) is 14.9. The molecule has 24 heavy (non-hydrogen) atoms. The summed E-state index contributed by atoms with van der Waals surface area (Å²) in [7, 11) is 0. The van der Waals surface area contributed by atoms with Crippen LogP contribution in [-0.4, -0.2) is 34.9 Å². The summed E-state index contributed by atoms with van der Waals surface area (Å²) in [5, 5.41) is 12.3. The van der Waals surface area contributed by atoms with Gasteiger partial charge in [0, 0.05) is 17.6 Å². The van der Waals surface area contributed by atoms with E-state index in [1.807, 2.05) is 37.3 Å². The third kappa shape index (κ3) is 4.83. The quantitative estimate of drug-likeness (QED) is 0.796. The first-order valence-corrected chi connectivity index (χ1v) is 8.39. The zero-order chi connectivity index (χ0) is 17.5. The van der Waals surface area contributed by atoms with E-state index in [0.717, 1.165) is 5.56 Å². The summed E-state index contributed by atoms with van der Waals surface area (Å²) >= 11 is 3.25. The van der Waals surface area contributed by atoms with E-state index in [9.17, 15) is 14.7 Å². The van der Waals surface area contributed by atoms with E-state index in [0.29, 0.717) is 17.6 Å². The Morgan fingerprint density at radius 2 is 1.88 bits per heavy atom. The maximum absolute atomic E-state index is 12.3. The number of likely N-dealkylation sites (N-methyl/N-ethyl adjacent to an activating group) is 1.